The quantitative estimate of drug-likeness (QED) is 0.148. The summed E-state index contributed by atoms with van der Waals surface area (Å²) in [5, 5.41) is 15.4. The zero-order chi connectivity index (χ0) is 49.9. The van der Waals surface area contributed by atoms with Gasteiger partial charge in [0, 0.05) is 85.2 Å². The Morgan fingerprint density at radius 1 is 0.342 bits per heavy atom. The first-order valence-electron chi connectivity index (χ1n) is 25.9. The molecule has 356 valence electrons. The van der Waals surface area contributed by atoms with Crippen molar-refractivity contribution in [2.75, 3.05) is 9.80 Å². The highest BCUT2D eigenvalue weighted by molar-refractivity contribution is 7.27. The lowest BCUT2D eigenvalue weighted by Gasteiger charge is -2.45. The van der Waals surface area contributed by atoms with E-state index in [1.54, 1.807) is 0 Å². The Morgan fingerprint density at radius 3 is 1.64 bits per heavy atom. The zero-order valence-electron chi connectivity index (χ0n) is 41.0. The number of rotatable bonds is 7. The van der Waals surface area contributed by atoms with Crippen molar-refractivity contribution in [1.82, 2.24) is 0 Å². The van der Waals surface area contributed by atoms with E-state index in [0.717, 1.165) is 44.7 Å². The monoisotopic (exact) mass is 1020 g/mol. The summed E-state index contributed by atoms with van der Waals surface area (Å²) < 4.78 is 11.7. The lowest BCUT2D eigenvalue weighted by molar-refractivity contribution is 0.669. The molecule has 0 saturated heterocycles. The van der Waals surface area contributed by atoms with E-state index < -0.39 is 8.07 Å². The van der Waals surface area contributed by atoms with E-state index in [1.165, 1.54) is 94.4 Å². The molecule has 12 aromatic carbocycles. The predicted octanol–water partition coefficient (Wildman–Crippen LogP) is 17.8. The summed E-state index contributed by atoms with van der Waals surface area (Å²) >= 11 is 3.81. The van der Waals surface area contributed by atoms with Gasteiger partial charge in [0.15, 0.2) is 8.07 Å². The van der Waals surface area contributed by atoms with Crippen molar-refractivity contribution in [3.63, 3.8) is 0 Å². The summed E-state index contributed by atoms with van der Waals surface area (Å²) in [6.07, 6.45) is 0. The van der Waals surface area contributed by atoms with Gasteiger partial charge in [-0.3, -0.25) is 0 Å². The Kier molecular flexibility index (Phi) is 9.70. The highest BCUT2D eigenvalue weighted by atomic mass is 32.1. The number of anilines is 6. The Hall–Kier alpha value is -9.04. The van der Waals surface area contributed by atoms with Gasteiger partial charge in [0.1, 0.15) is 11.2 Å². The van der Waals surface area contributed by atoms with Crippen molar-refractivity contribution in [2.45, 2.75) is 0 Å². The smallest absolute Gasteiger partial charge is 0.184 e. The molecule has 0 radical (unpaired) electrons. The maximum atomic E-state index is 6.44. The van der Waals surface area contributed by atoms with E-state index in [0.29, 0.717) is 0 Å². The number of benzene rings is 12. The Morgan fingerprint density at radius 2 is 0.895 bits per heavy atom. The van der Waals surface area contributed by atoms with Gasteiger partial charge in [-0.25, -0.2) is 0 Å². The summed E-state index contributed by atoms with van der Waals surface area (Å²) in [4.78, 5) is 4.97. The summed E-state index contributed by atoms with van der Waals surface area (Å²) in [5.41, 5.74) is 10.8. The third-order valence-corrected chi connectivity index (χ3v) is 23.0. The van der Waals surface area contributed by atoms with Crippen LogP contribution in [0.15, 0.2) is 271 Å². The third kappa shape index (κ3) is 6.51. The molecule has 0 atom stereocenters. The summed E-state index contributed by atoms with van der Waals surface area (Å²) in [6.45, 7) is 0. The topological polar surface area (TPSA) is 19.6 Å². The van der Waals surface area contributed by atoms with Gasteiger partial charge in [-0.2, -0.15) is 0 Å². The van der Waals surface area contributed by atoms with Gasteiger partial charge in [-0.1, -0.05) is 176 Å². The van der Waals surface area contributed by atoms with E-state index in [9.17, 15) is 0 Å². The number of nitrogens with zero attached hydrogens (tertiary/aromatic N) is 2. The minimum atomic E-state index is -3.18. The van der Waals surface area contributed by atoms with Crippen LogP contribution in [0.25, 0.3) is 84.2 Å². The van der Waals surface area contributed by atoms with Gasteiger partial charge in [-0.15, -0.1) is 22.7 Å². The van der Waals surface area contributed by atoms with Crippen molar-refractivity contribution in [2.24, 2.45) is 0 Å². The molecule has 4 heterocycles. The maximum absolute atomic E-state index is 6.44. The lowest BCUT2D eigenvalue weighted by Crippen LogP contribution is -2.77. The molecule has 0 spiro atoms. The van der Waals surface area contributed by atoms with Crippen LogP contribution in [0, 0.1) is 0 Å². The molecule has 16 rings (SSSR count). The first kappa shape index (κ1) is 43.4. The minimum Gasteiger partial charge on any atom is -0.456 e. The number of hydrogen-bond acceptors (Lipinski definition) is 5. The van der Waals surface area contributed by atoms with Crippen LogP contribution in [-0.2, 0) is 0 Å². The van der Waals surface area contributed by atoms with Crippen LogP contribution in [0.4, 0.5) is 34.1 Å². The van der Waals surface area contributed by atoms with Crippen molar-refractivity contribution in [1.29, 1.82) is 0 Å². The molecule has 0 fully saturated rings. The van der Waals surface area contributed by atoms with E-state index in [-0.39, 0.29) is 0 Å². The van der Waals surface area contributed by atoms with Gasteiger partial charge in [0.05, 0.1) is 0 Å². The summed E-state index contributed by atoms with van der Waals surface area (Å²) in [5.74, 6) is 0. The normalized spacial score (nSPS) is 13.1. The molecule has 1 aliphatic heterocycles. The fourth-order valence-corrected chi connectivity index (χ4v) is 20.1. The average Bonchev–Trinajstić information content (AvgIpc) is 4.30. The lowest BCUT2D eigenvalue weighted by atomic mass is 9.98. The number of hydrogen-bond donors (Lipinski definition) is 0. The van der Waals surface area contributed by atoms with Crippen molar-refractivity contribution in [3.05, 3.63) is 267 Å². The van der Waals surface area contributed by atoms with Gasteiger partial charge in [-0.05, 0) is 134 Å². The molecular formula is C70H44N2OS2Si. The van der Waals surface area contributed by atoms with E-state index in [1.807, 2.05) is 28.7 Å². The Balaban J connectivity index is 0.979. The highest BCUT2D eigenvalue weighted by Crippen LogP contribution is 2.46. The van der Waals surface area contributed by atoms with E-state index in [2.05, 4.69) is 271 Å². The number of fused-ring (bicyclic) bond motifs is 12. The average molecular weight is 1020 g/mol. The molecule has 15 aromatic rings. The van der Waals surface area contributed by atoms with E-state index in [4.69, 9.17) is 4.42 Å². The van der Waals surface area contributed by atoms with Crippen LogP contribution in [0.3, 0.4) is 0 Å². The third-order valence-electron chi connectivity index (χ3n) is 15.9. The molecule has 0 amide bonds. The van der Waals surface area contributed by atoms with Gasteiger partial charge in [0.2, 0.25) is 0 Å². The Bertz CT molecular complexity index is 4680. The molecule has 3 nitrogen and oxygen atoms in total. The molecular weight excluding hydrogens is 977 g/mol. The zero-order valence-corrected chi connectivity index (χ0v) is 43.7. The molecule has 1 aliphatic rings. The molecule has 76 heavy (non-hydrogen) atoms. The minimum absolute atomic E-state index is 0.871. The molecule has 0 saturated carbocycles. The molecule has 3 aromatic heterocycles. The highest BCUT2D eigenvalue weighted by Gasteiger charge is 2.49. The molecule has 0 aliphatic carbocycles. The largest absolute Gasteiger partial charge is 0.456 e. The first-order valence-corrected chi connectivity index (χ1v) is 29.5. The number of thiophene rings is 2. The van der Waals surface area contributed by atoms with Crippen molar-refractivity contribution in [3.8, 4) is 11.1 Å². The van der Waals surface area contributed by atoms with Crippen molar-refractivity contribution < 1.29 is 4.42 Å². The maximum Gasteiger partial charge on any atom is 0.184 e. The van der Waals surface area contributed by atoms with Crippen molar-refractivity contribution >= 4 is 159 Å². The molecule has 0 unspecified atom stereocenters. The fraction of sp³-hybridized carbons (Fsp3) is 0. The van der Waals surface area contributed by atoms with Gasteiger partial charge < -0.3 is 14.2 Å². The molecule has 0 N–H and O–H groups in total. The molecule has 0 bridgehead atoms. The van der Waals surface area contributed by atoms with Crippen LogP contribution >= 0.6 is 22.7 Å². The van der Waals surface area contributed by atoms with Crippen LogP contribution in [0.1, 0.15) is 0 Å². The standard InChI is InChI=1S/C70H44N2OS2Si/c1-2-17-47(18-3-1)72-61-24-9-13-28-69(61)76(51-35-37-58-56-21-7-11-26-65(56)74-67(58)43-51,52-36-38-59-57-22-8-12-27-66(57)75-68(59)44-52)70-40-34-50(42-62(70)72)71(49-33-39-64-60(41-49)55-20-6-10-25-63(55)73-64)48-31-29-46(30-32-48)54-23-14-16-45-15-4-5-19-53(45)54/h1-44H. The van der Waals surface area contributed by atoms with Crippen LogP contribution in [-0.4, -0.2) is 8.07 Å². The number of furan rings is 1. The first-order chi connectivity index (χ1) is 37.7. The van der Waals surface area contributed by atoms with Crippen LogP contribution < -0.4 is 30.5 Å². The van der Waals surface area contributed by atoms with Crippen LogP contribution in [0.2, 0.25) is 0 Å². The fourth-order valence-electron chi connectivity index (χ4n) is 12.6. The van der Waals surface area contributed by atoms with Crippen LogP contribution in [0.5, 0.6) is 0 Å². The molecule has 6 heteroatoms. The number of para-hydroxylation sites is 3. The second-order valence-electron chi connectivity index (χ2n) is 19.9. The van der Waals surface area contributed by atoms with Gasteiger partial charge >= 0.3 is 0 Å². The van der Waals surface area contributed by atoms with Gasteiger partial charge in [0.25, 0.3) is 0 Å². The second-order valence-corrected chi connectivity index (χ2v) is 25.8. The summed E-state index contributed by atoms with van der Waals surface area (Å²) in [6, 6.07) is 99.7. The second kappa shape index (κ2) is 17.0. The summed E-state index contributed by atoms with van der Waals surface area (Å²) in [7, 11) is -3.18. The Labute approximate surface area is 448 Å². The van der Waals surface area contributed by atoms with E-state index >= 15 is 0 Å². The predicted molar refractivity (Wildman–Crippen MR) is 329 cm³/mol. The SMILES string of the molecule is c1ccc(N2c3ccccc3[Si](c3ccc4c(c3)sc3ccccc34)(c3ccc4c(c3)sc3ccccc34)c3ccc(N(c4ccc(-c5cccc6ccccc56)cc4)c4ccc5oc6ccccc6c5c4)cc32)cc1.